The van der Waals surface area contributed by atoms with Gasteiger partial charge >= 0.3 is 12.0 Å². The molecule has 2 amide bonds. The maximum atomic E-state index is 13.0. The number of fused-ring (bicyclic) bond motifs is 1. The smallest absolute Gasteiger partial charge is 0.325 e. The van der Waals surface area contributed by atoms with Gasteiger partial charge in [0, 0.05) is 13.1 Å². The van der Waals surface area contributed by atoms with Gasteiger partial charge in [-0.3, -0.25) is 14.2 Å². The molecule has 2 rings (SSSR count). The second-order valence-corrected chi connectivity index (χ2v) is 6.97. The van der Waals surface area contributed by atoms with Crippen LogP contribution in [-0.2, 0) is 16.1 Å². The van der Waals surface area contributed by atoms with E-state index in [2.05, 4.69) is 5.32 Å². The van der Waals surface area contributed by atoms with Crippen molar-refractivity contribution in [1.82, 2.24) is 19.8 Å². The van der Waals surface area contributed by atoms with Crippen LogP contribution in [0.2, 0.25) is 0 Å². The van der Waals surface area contributed by atoms with Crippen molar-refractivity contribution in [3.05, 3.63) is 40.4 Å². The number of ether oxygens (including phenoxy) is 1. The van der Waals surface area contributed by atoms with Crippen molar-refractivity contribution >= 4 is 22.9 Å². The Balaban J connectivity index is 2.44. The van der Waals surface area contributed by atoms with Crippen molar-refractivity contribution in [2.45, 2.75) is 59.5 Å². The molecule has 2 aromatic rings. The van der Waals surface area contributed by atoms with Crippen LogP contribution in [0.15, 0.2) is 29.1 Å². The highest BCUT2D eigenvalue weighted by Gasteiger charge is 2.28. The van der Waals surface area contributed by atoms with Crippen LogP contribution in [0.5, 0.6) is 0 Å². The lowest BCUT2D eigenvalue weighted by atomic mass is 10.1. The first-order valence-corrected chi connectivity index (χ1v) is 10.7. The minimum atomic E-state index is -0.483. The largest absolute Gasteiger partial charge is 0.465 e. The predicted octanol–water partition coefficient (Wildman–Crippen LogP) is 3.24. The Bertz CT molecular complexity index is 925. The molecule has 0 aliphatic carbocycles. The normalized spacial score (nSPS) is 11.9. The van der Waals surface area contributed by atoms with E-state index in [4.69, 9.17) is 9.72 Å². The second-order valence-electron chi connectivity index (χ2n) is 6.97. The van der Waals surface area contributed by atoms with E-state index in [0.29, 0.717) is 36.2 Å². The van der Waals surface area contributed by atoms with Gasteiger partial charge in [0.25, 0.3) is 5.56 Å². The van der Waals surface area contributed by atoms with Gasteiger partial charge in [0.15, 0.2) is 0 Å². The molecular formula is C22H32N4O4. The van der Waals surface area contributed by atoms with E-state index >= 15 is 0 Å². The Morgan fingerprint density at radius 2 is 1.93 bits per heavy atom. The molecule has 0 aliphatic rings. The number of carbonyl (C=O) groups is 2. The van der Waals surface area contributed by atoms with Crippen LogP contribution in [0.1, 0.15) is 58.8 Å². The molecule has 1 unspecified atom stereocenters. The number of carbonyl (C=O) groups excluding carboxylic acids is 2. The molecule has 8 heteroatoms. The molecule has 8 nitrogen and oxygen atoms in total. The van der Waals surface area contributed by atoms with Crippen molar-refractivity contribution < 1.29 is 14.3 Å². The molecule has 1 N–H and O–H groups in total. The first-order chi connectivity index (χ1) is 14.5. The number of esters is 1. The quantitative estimate of drug-likeness (QED) is 0.600. The predicted molar refractivity (Wildman–Crippen MR) is 116 cm³/mol. The standard InChI is InChI=1S/C22H32N4O4/c1-5-9-14-26(22(29)23-15-19(27)30-8-4)18(6-2)20-24-17-13-11-10-12-16(17)21(28)25(20)7-3/h10-13,18H,5-9,14-15H2,1-4H3,(H,23,29). The van der Waals surface area contributed by atoms with E-state index in [0.717, 1.165) is 12.8 Å². The number of aromatic nitrogens is 2. The van der Waals surface area contributed by atoms with Gasteiger partial charge < -0.3 is 15.0 Å². The summed E-state index contributed by atoms with van der Waals surface area (Å²) in [6, 6.07) is 6.48. The van der Waals surface area contributed by atoms with Crippen molar-refractivity contribution in [3.63, 3.8) is 0 Å². The first-order valence-electron chi connectivity index (χ1n) is 10.7. The summed E-state index contributed by atoms with van der Waals surface area (Å²) < 4.78 is 6.53. The molecule has 0 fully saturated rings. The highest BCUT2D eigenvalue weighted by atomic mass is 16.5. The van der Waals surface area contributed by atoms with Gasteiger partial charge in [-0.2, -0.15) is 0 Å². The Morgan fingerprint density at radius 1 is 1.20 bits per heavy atom. The van der Waals surface area contributed by atoms with Crippen LogP contribution in [0.25, 0.3) is 10.9 Å². The lowest BCUT2D eigenvalue weighted by molar-refractivity contribution is -0.141. The van der Waals surface area contributed by atoms with Gasteiger partial charge in [0.2, 0.25) is 0 Å². The summed E-state index contributed by atoms with van der Waals surface area (Å²) in [5, 5.41) is 3.21. The van der Waals surface area contributed by atoms with Gasteiger partial charge in [-0.05, 0) is 38.8 Å². The van der Waals surface area contributed by atoms with Crippen molar-refractivity contribution in [2.75, 3.05) is 19.7 Å². The van der Waals surface area contributed by atoms with Crippen LogP contribution in [0.4, 0.5) is 4.79 Å². The summed E-state index contributed by atoms with van der Waals surface area (Å²) >= 11 is 0. The third-order valence-corrected chi connectivity index (χ3v) is 4.97. The third kappa shape index (κ3) is 5.37. The lowest BCUT2D eigenvalue weighted by Gasteiger charge is -2.32. The topological polar surface area (TPSA) is 93.5 Å². The summed E-state index contributed by atoms with van der Waals surface area (Å²) in [6.45, 7) is 8.63. The summed E-state index contributed by atoms with van der Waals surface area (Å²) in [7, 11) is 0. The van der Waals surface area contributed by atoms with Crippen molar-refractivity contribution in [1.29, 1.82) is 0 Å². The molecule has 1 aromatic carbocycles. The van der Waals surface area contributed by atoms with E-state index in [1.807, 2.05) is 39.0 Å². The molecular weight excluding hydrogens is 384 g/mol. The maximum Gasteiger partial charge on any atom is 0.325 e. The molecule has 1 aromatic heterocycles. The molecule has 0 spiro atoms. The molecule has 30 heavy (non-hydrogen) atoms. The second kappa shape index (κ2) is 11.3. The monoisotopic (exact) mass is 416 g/mol. The fourth-order valence-corrected chi connectivity index (χ4v) is 3.48. The van der Waals surface area contributed by atoms with E-state index in [-0.39, 0.29) is 24.7 Å². The minimum absolute atomic E-state index is 0.112. The Hall–Kier alpha value is -2.90. The van der Waals surface area contributed by atoms with Crippen LogP contribution in [0, 0.1) is 0 Å². The summed E-state index contributed by atoms with van der Waals surface area (Å²) in [5.41, 5.74) is 0.502. The van der Waals surface area contributed by atoms with E-state index in [9.17, 15) is 14.4 Å². The summed E-state index contributed by atoms with van der Waals surface area (Å²) in [6.07, 6.45) is 2.29. The molecule has 0 radical (unpaired) electrons. The molecule has 0 saturated heterocycles. The van der Waals surface area contributed by atoms with Crippen LogP contribution in [0.3, 0.4) is 0 Å². The number of nitrogens with zero attached hydrogens (tertiary/aromatic N) is 3. The van der Waals surface area contributed by atoms with Crippen LogP contribution < -0.4 is 10.9 Å². The number of hydrogen-bond acceptors (Lipinski definition) is 5. The number of unbranched alkanes of at least 4 members (excludes halogenated alkanes) is 1. The van der Waals surface area contributed by atoms with Gasteiger partial charge in [0.05, 0.1) is 23.6 Å². The molecule has 0 aliphatic heterocycles. The highest BCUT2D eigenvalue weighted by Crippen LogP contribution is 2.24. The fourth-order valence-electron chi connectivity index (χ4n) is 3.48. The zero-order valence-corrected chi connectivity index (χ0v) is 18.3. The molecule has 1 atom stereocenters. The zero-order valence-electron chi connectivity index (χ0n) is 18.3. The molecule has 164 valence electrons. The number of nitrogens with one attached hydrogen (secondary N) is 1. The average Bonchev–Trinajstić information content (AvgIpc) is 2.75. The van der Waals surface area contributed by atoms with Gasteiger partial charge in [0.1, 0.15) is 12.4 Å². The third-order valence-electron chi connectivity index (χ3n) is 4.97. The number of para-hydroxylation sites is 1. The van der Waals surface area contributed by atoms with Crippen molar-refractivity contribution in [3.8, 4) is 0 Å². The van der Waals surface area contributed by atoms with E-state index in [1.165, 1.54) is 0 Å². The molecule has 1 heterocycles. The number of urea groups is 1. The van der Waals surface area contributed by atoms with Crippen LogP contribution >= 0.6 is 0 Å². The zero-order chi connectivity index (χ0) is 22.1. The number of rotatable bonds is 10. The summed E-state index contributed by atoms with van der Waals surface area (Å²) in [4.78, 5) is 44.1. The number of benzene rings is 1. The Labute approximate surface area is 177 Å². The van der Waals surface area contributed by atoms with Crippen LogP contribution in [-0.4, -0.2) is 46.1 Å². The lowest BCUT2D eigenvalue weighted by Crippen LogP contribution is -2.46. The Morgan fingerprint density at radius 3 is 2.57 bits per heavy atom. The van der Waals surface area contributed by atoms with Gasteiger partial charge in [-0.25, -0.2) is 9.78 Å². The van der Waals surface area contributed by atoms with Gasteiger partial charge in [-0.1, -0.05) is 32.4 Å². The highest BCUT2D eigenvalue weighted by molar-refractivity contribution is 5.81. The molecule has 0 bridgehead atoms. The minimum Gasteiger partial charge on any atom is -0.465 e. The molecule has 0 saturated carbocycles. The van der Waals surface area contributed by atoms with Gasteiger partial charge in [-0.15, -0.1) is 0 Å². The van der Waals surface area contributed by atoms with Crippen molar-refractivity contribution in [2.24, 2.45) is 0 Å². The first kappa shape index (κ1) is 23.4. The van der Waals surface area contributed by atoms with E-state index in [1.54, 1.807) is 22.5 Å². The summed E-state index contributed by atoms with van der Waals surface area (Å²) in [5.74, 6) is 0.0784. The van der Waals surface area contributed by atoms with E-state index < -0.39 is 12.0 Å². The number of amides is 2. The SMILES string of the molecule is CCCCN(C(=O)NCC(=O)OCC)C(CC)c1nc2ccccc2c(=O)n1CC. The fraction of sp³-hybridized carbons (Fsp3) is 0.545. The number of hydrogen-bond donors (Lipinski definition) is 1. The Kier molecular flexibility index (Phi) is 8.83. The average molecular weight is 417 g/mol. The maximum absolute atomic E-state index is 13.0.